The number of nitrogens with one attached hydrogen (secondary N) is 1. The van der Waals surface area contributed by atoms with Crippen LogP contribution in [0.4, 0.5) is 11.4 Å². The van der Waals surface area contributed by atoms with E-state index in [9.17, 15) is 0 Å². The molecule has 2 aliphatic rings. The van der Waals surface area contributed by atoms with Gasteiger partial charge in [0.15, 0.2) is 0 Å². The Bertz CT molecular complexity index is 1310. The monoisotopic (exact) mass is 442 g/mol. The first-order chi connectivity index (χ1) is 15.1. The van der Waals surface area contributed by atoms with Gasteiger partial charge in [0, 0.05) is 39.6 Å². The smallest absolute Gasteiger partial charge is 0.124 e. The molecule has 0 aromatic heterocycles. The highest BCUT2D eigenvalue weighted by atomic mass is 35.5. The molecule has 4 heteroatoms. The Balaban J connectivity index is 1.83. The number of benzene rings is 4. The number of hydrogen-bond acceptors (Lipinski definition) is 2. The van der Waals surface area contributed by atoms with Gasteiger partial charge in [-0.1, -0.05) is 83.9 Å². The molecule has 2 aliphatic heterocycles. The maximum absolute atomic E-state index is 6.57. The molecule has 0 radical (unpaired) electrons. The molecule has 0 saturated heterocycles. The molecule has 152 valence electrons. The first-order valence-corrected chi connectivity index (χ1v) is 11.1. The van der Waals surface area contributed by atoms with Crippen LogP contribution in [0.2, 0.25) is 10.0 Å². The highest BCUT2D eigenvalue weighted by molar-refractivity contribution is 6.31. The molecule has 0 fully saturated rings. The predicted molar refractivity (Wildman–Crippen MR) is 129 cm³/mol. The van der Waals surface area contributed by atoms with E-state index in [-0.39, 0.29) is 0 Å². The average Bonchev–Trinajstić information content (AvgIpc) is 3.22. The minimum atomic E-state index is -0.572. The average molecular weight is 443 g/mol. The lowest BCUT2D eigenvalue weighted by molar-refractivity contribution is 0.393. The third-order valence-corrected chi connectivity index (χ3v) is 7.33. The van der Waals surface area contributed by atoms with Gasteiger partial charge in [-0.15, -0.1) is 0 Å². The number of fused-ring (bicyclic) bond motifs is 5. The number of hydrogen-bond donors (Lipinski definition) is 1. The summed E-state index contributed by atoms with van der Waals surface area (Å²) in [4.78, 5) is 2.39. The molecule has 1 N–H and O–H groups in total. The molecule has 0 spiro atoms. The highest BCUT2D eigenvalue weighted by Crippen LogP contribution is 2.67. The van der Waals surface area contributed by atoms with Crippen molar-refractivity contribution in [2.45, 2.75) is 11.1 Å². The van der Waals surface area contributed by atoms with Crippen LogP contribution in [0.3, 0.4) is 0 Å². The van der Waals surface area contributed by atoms with E-state index >= 15 is 0 Å². The fourth-order valence-electron chi connectivity index (χ4n) is 5.77. The van der Waals surface area contributed by atoms with Gasteiger partial charge in [0.25, 0.3) is 0 Å². The van der Waals surface area contributed by atoms with Gasteiger partial charge in [-0.25, -0.2) is 0 Å². The van der Waals surface area contributed by atoms with Crippen LogP contribution in [0.15, 0.2) is 97.1 Å². The summed E-state index contributed by atoms with van der Waals surface area (Å²) in [6.45, 7) is 0. The summed E-state index contributed by atoms with van der Waals surface area (Å²) >= 11 is 13.1. The number of likely N-dealkylation sites (N-methyl/N-ethyl adjacent to an activating group) is 1. The van der Waals surface area contributed by atoms with E-state index in [1.807, 2.05) is 12.1 Å². The van der Waals surface area contributed by atoms with Gasteiger partial charge < -0.3 is 10.2 Å². The molecule has 0 saturated carbocycles. The van der Waals surface area contributed by atoms with Gasteiger partial charge in [-0.3, -0.25) is 0 Å². The van der Waals surface area contributed by atoms with E-state index in [1.165, 1.54) is 11.1 Å². The Kier molecular flexibility index (Phi) is 3.96. The molecule has 2 unspecified atom stereocenters. The van der Waals surface area contributed by atoms with E-state index in [0.29, 0.717) is 0 Å². The van der Waals surface area contributed by atoms with Crippen LogP contribution in [-0.2, 0) is 11.1 Å². The number of nitrogens with zero attached hydrogens (tertiary/aromatic N) is 1. The van der Waals surface area contributed by atoms with Gasteiger partial charge in [-0.2, -0.15) is 0 Å². The SMILES string of the molecule is CN1c2ccc(Cl)cc2C2(c3ccccc3)Nc3ccc(Cl)cc3C12c1ccccc1. The molecule has 2 atom stereocenters. The van der Waals surface area contributed by atoms with Crippen molar-refractivity contribution < 1.29 is 0 Å². The summed E-state index contributed by atoms with van der Waals surface area (Å²) in [7, 11) is 2.17. The van der Waals surface area contributed by atoms with Crippen LogP contribution in [0.25, 0.3) is 0 Å². The summed E-state index contributed by atoms with van der Waals surface area (Å²) in [6, 6.07) is 33.7. The predicted octanol–water partition coefficient (Wildman–Crippen LogP) is 7.06. The maximum Gasteiger partial charge on any atom is 0.124 e. The Morgan fingerprint density at radius 2 is 1.26 bits per heavy atom. The number of anilines is 2. The van der Waals surface area contributed by atoms with Crippen LogP contribution in [-0.4, -0.2) is 7.05 Å². The lowest BCUT2D eigenvalue weighted by Gasteiger charge is -2.46. The van der Waals surface area contributed by atoms with Crippen molar-refractivity contribution in [3.8, 4) is 0 Å². The van der Waals surface area contributed by atoms with Crippen molar-refractivity contribution in [2.75, 3.05) is 17.3 Å². The standard InChI is InChI=1S/C27H20Cl2N2/c1-31-25-15-13-21(29)17-23(25)26(18-8-4-2-5-9-18)27(31,19-10-6-3-7-11-19)22-16-20(28)12-14-24(22)30-26/h2-17,30H,1H3. The first kappa shape index (κ1) is 18.8. The maximum atomic E-state index is 6.57. The van der Waals surface area contributed by atoms with E-state index in [2.05, 4.69) is 102 Å². The summed E-state index contributed by atoms with van der Waals surface area (Å²) < 4.78 is 0. The normalized spacial score (nSPS) is 23.1. The van der Waals surface area contributed by atoms with Crippen molar-refractivity contribution in [3.63, 3.8) is 0 Å². The van der Waals surface area contributed by atoms with Crippen molar-refractivity contribution in [1.29, 1.82) is 0 Å². The molecule has 2 nitrogen and oxygen atoms in total. The van der Waals surface area contributed by atoms with Gasteiger partial charge in [0.2, 0.25) is 0 Å². The van der Waals surface area contributed by atoms with Gasteiger partial charge >= 0.3 is 0 Å². The lowest BCUT2D eigenvalue weighted by Crippen LogP contribution is -2.55. The lowest BCUT2D eigenvalue weighted by atomic mass is 9.66. The Hall–Kier alpha value is -2.94. The largest absolute Gasteiger partial charge is 0.369 e. The second-order valence-corrected chi connectivity index (χ2v) is 9.10. The van der Waals surface area contributed by atoms with E-state index < -0.39 is 11.1 Å². The van der Waals surface area contributed by atoms with Crippen LogP contribution >= 0.6 is 23.2 Å². The molecular formula is C27H20Cl2N2. The zero-order valence-electron chi connectivity index (χ0n) is 16.9. The molecule has 4 aromatic carbocycles. The fraction of sp³-hybridized carbons (Fsp3) is 0.111. The third-order valence-electron chi connectivity index (χ3n) is 6.86. The van der Waals surface area contributed by atoms with E-state index in [4.69, 9.17) is 23.2 Å². The molecular weight excluding hydrogens is 423 g/mol. The van der Waals surface area contributed by atoms with Gasteiger partial charge in [-0.05, 0) is 47.5 Å². The highest BCUT2D eigenvalue weighted by Gasteiger charge is 2.67. The first-order valence-electron chi connectivity index (χ1n) is 10.3. The van der Waals surface area contributed by atoms with Crippen molar-refractivity contribution in [1.82, 2.24) is 0 Å². The van der Waals surface area contributed by atoms with Crippen molar-refractivity contribution >= 4 is 34.6 Å². The molecule has 0 aliphatic carbocycles. The molecule has 4 aromatic rings. The summed E-state index contributed by atoms with van der Waals surface area (Å²) in [5.74, 6) is 0. The second-order valence-electron chi connectivity index (χ2n) is 8.23. The van der Waals surface area contributed by atoms with Crippen LogP contribution in [0, 0.1) is 0 Å². The number of halogens is 2. The zero-order chi connectivity index (χ0) is 21.2. The third kappa shape index (κ3) is 2.24. The zero-order valence-corrected chi connectivity index (χ0v) is 18.5. The Morgan fingerprint density at radius 3 is 1.94 bits per heavy atom. The van der Waals surface area contributed by atoms with Gasteiger partial charge in [0.05, 0.1) is 0 Å². The number of rotatable bonds is 2. The second kappa shape index (κ2) is 6.53. The molecule has 2 heterocycles. The van der Waals surface area contributed by atoms with E-state index in [0.717, 1.165) is 32.5 Å². The van der Waals surface area contributed by atoms with Crippen molar-refractivity contribution in [3.05, 3.63) is 129 Å². The molecule has 6 rings (SSSR count). The summed E-state index contributed by atoms with van der Waals surface area (Å²) in [5, 5.41) is 5.40. The van der Waals surface area contributed by atoms with Crippen LogP contribution in [0.1, 0.15) is 22.3 Å². The topological polar surface area (TPSA) is 15.3 Å². The molecule has 0 amide bonds. The minimum Gasteiger partial charge on any atom is -0.369 e. The van der Waals surface area contributed by atoms with E-state index in [1.54, 1.807) is 0 Å². The summed E-state index contributed by atoms with van der Waals surface area (Å²) in [6.07, 6.45) is 0. The Labute approximate surface area is 192 Å². The summed E-state index contributed by atoms with van der Waals surface area (Å²) in [5.41, 5.74) is 5.81. The Morgan fingerprint density at radius 1 is 0.677 bits per heavy atom. The van der Waals surface area contributed by atoms with Crippen molar-refractivity contribution in [2.24, 2.45) is 0 Å². The van der Waals surface area contributed by atoms with Crippen LogP contribution in [0.5, 0.6) is 0 Å². The quantitative estimate of drug-likeness (QED) is 0.357. The molecule has 0 bridgehead atoms. The molecule has 31 heavy (non-hydrogen) atoms. The fourth-order valence-corrected chi connectivity index (χ4v) is 6.11. The minimum absolute atomic E-state index is 0.539. The van der Waals surface area contributed by atoms with Crippen LogP contribution < -0.4 is 10.2 Å². The van der Waals surface area contributed by atoms with Gasteiger partial charge in [0.1, 0.15) is 11.1 Å².